The fourth-order valence-corrected chi connectivity index (χ4v) is 3.06. The van der Waals surface area contributed by atoms with Crippen LogP contribution < -0.4 is 10.6 Å². The van der Waals surface area contributed by atoms with Crippen molar-refractivity contribution in [3.8, 4) is 0 Å². The number of aryl methyl sites for hydroxylation is 1. The summed E-state index contributed by atoms with van der Waals surface area (Å²) >= 11 is 3.59. The molecule has 1 saturated heterocycles. The molecule has 2 rings (SSSR count). The van der Waals surface area contributed by atoms with Crippen molar-refractivity contribution in [2.24, 2.45) is 11.7 Å². The Morgan fingerprint density at radius 1 is 1.62 bits per heavy atom. The minimum absolute atomic E-state index is 0.423. The van der Waals surface area contributed by atoms with Gasteiger partial charge in [0.05, 0.1) is 4.47 Å². The van der Waals surface area contributed by atoms with Crippen LogP contribution in [0.3, 0.4) is 0 Å². The standard InChI is InChI=1S/C12H18BrN3/c1-8-5-10(13)12(15-7-8)16-4-3-9(2)11(16)6-14/h5,7,9,11H,3-4,6,14H2,1-2H3. The van der Waals surface area contributed by atoms with Crippen molar-refractivity contribution in [2.75, 3.05) is 18.0 Å². The molecule has 0 aliphatic carbocycles. The molecule has 0 bridgehead atoms. The number of aromatic nitrogens is 1. The van der Waals surface area contributed by atoms with Crippen LogP contribution in [0.1, 0.15) is 18.9 Å². The summed E-state index contributed by atoms with van der Waals surface area (Å²) in [7, 11) is 0. The summed E-state index contributed by atoms with van der Waals surface area (Å²) in [6, 6.07) is 2.53. The topological polar surface area (TPSA) is 42.2 Å². The maximum atomic E-state index is 5.85. The Labute approximate surface area is 105 Å². The number of halogens is 1. The zero-order valence-electron chi connectivity index (χ0n) is 9.78. The van der Waals surface area contributed by atoms with Crippen LogP contribution in [0.2, 0.25) is 0 Å². The van der Waals surface area contributed by atoms with Gasteiger partial charge in [-0.3, -0.25) is 0 Å². The molecule has 2 atom stereocenters. The second kappa shape index (κ2) is 4.72. The summed E-state index contributed by atoms with van der Waals surface area (Å²) in [5.74, 6) is 1.69. The van der Waals surface area contributed by atoms with Crippen LogP contribution in [-0.2, 0) is 0 Å². The van der Waals surface area contributed by atoms with Gasteiger partial charge < -0.3 is 10.6 Å². The molecule has 16 heavy (non-hydrogen) atoms. The van der Waals surface area contributed by atoms with Gasteiger partial charge in [-0.2, -0.15) is 0 Å². The summed E-state index contributed by atoms with van der Waals surface area (Å²) in [5, 5.41) is 0. The van der Waals surface area contributed by atoms with Gasteiger partial charge in [-0.25, -0.2) is 4.98 Å². The lowest BCUT2D eigenvalue weighted by Crippen LogP contribution is -2.39. The molecule has 0 saturated carbocycles. The average Bonchev–Trinajstić information content (AvgIpc) is 2.59. The lowest BCUT2D eigenvalue weighted by atomic mass is 10.0. The number of hydrogen-bond donors (Lipinski definition) is 1. The van der Waals surface area contributed by atoms with Crippen molar-refractivity contribution in [3.63, 3.8) is 0 Å². The van der Waals surface area contributed by atoms with E-state index in [-0.39, 0.29) is 0 Å². The third-order valence-electron chi connectivity index (χ3n) is 3.35. The second-order valence-electron chi connectivity index (χ2n) is 4.58. The van der Waals surface area contributed by atoms with Crippen molar-refractivity contribution in [1.82, 2.24) is 4.98 Å². The monoisotopic (exact) mass is 283 g/mol. The number of nitrogens with zero attached hydrogens (tertiary/aromatic N) is 2. The Balaban J connectivity index is 2.30. The summed E-state index contributed by atoms with van der Waals surface area (Å²) in [6.07, 6.45) is 3.11. The average molecular weight is 284 g/mol. The third-order valence-corrected chi connectivity index (χ3v) is 3.94. The molecule has 3 nitrogen and oxygen atoms in total. The first-order valence-corrected chi connectivity index (χ1v) is 6.51. The Hall–Kier alpha value is -0.610. The van der Waals surface area contributed by atoms with Crippen molar-refractivity contribution in [2.45, 2.75) is 26.3 Å². The van der Waals surface area contributed by atoms with Gasteiger partial charge in [-0.05, 0) is 46.8 Å². The fraction of sp³-hybridized carbons (Fsp3) is 0.583. The second-order valence-corrected chi connectivity index (χ2v) is 5.43. The van der Waals surface area contributed by atoms with Gasteiger partial charge >= 0.3 is 0 Å². The Bertz CT molecular complexity index is 381. The summed E-state index contributed by atoms with van der Waals surface area (Å²) < 4.78 is 1.07. The lowest BCUT2D eigenvalue weighted by molar-refractivity contribution is 0.517. The number of pyridine rings is 1. The van der Waals surface area contributed by atoms with E-state index >= 15 is 0 Å². The van der Waals surface area contributed by atoms with Gasteiger partial charge in [0.2, 0.25) is 0 Å². The predicted molar refractivity (Wildman–Crippen MR) is 70.6 cm³/mol. The molecule has 2 heterocycles. The van der Waals surface area contributed by atoms with E-state index in [4.69, 9.17) is 5.73 Å². The Morgan fingerprint density at radius 2 is 2.38 bits per heavy atom. The van der Waals surface area contributed by atoms with Gasteiger partial charge in [0, 0.05) is 25.3 Å². The Kier molecular flexibility index (Phi) is 3.50. The van der Waals surface area contributed by atoms with E-state index in [9.17, 15) is 0 Å². The van der Waals surface area contributed by atoms with Crippen molar-refractivity contribution in [3.05, 3.63) is 22.3 Å². The molecular weight excluding hydrogens is 266 g/mol. The van der Waals surface area contributed by atoms with Gasteiger partial charge in [0.15, 0.2) is 0 Å². The minimum Gasteiger partial charge on any atom is -0.351 e. The van der Waals surface area contributed by atoms with Crippen LogP contribution in [0.15, 0.2) is 16.7 Å². The summed E-state index contributed by atoms with van der Waals surface area (Å²) in [6.45, 7) is 6.06. The molecule has 88 valence electrons. The van der Waals surface area contributed by atoms with E-state index in [1.54, 1.807) is 0 Å². The third kappa shape index (κ3) is 2.09. The van der Waals surface area contributed by atoms with E-state index < -0.39 is 0 Å². The SMILES string of the molecule is Cc1cnc(N2CCC(C)C2CN)c(Br)c1. The predicted octanol–water partition coefficient (Wildman–Crippen LogP) is 2.33. The van der Waals surface area contributed by atoms with Crippen LogP contribution >= 0.6 is 15.9 Å². The van der Waals surface area contributed by atoms with Crippen LogP contribution in [0.25, 0.3) is 0 Å². The highest BCUT2D eigenvalue weighted by Gasteiger charge is 2.31. The molecular formula is C12H18BrN3. The highest BCUT2D eigenvalue weighted by atomic mass is 79.9. The normalized spacial score (nSPS) is 25.1. The molecule has 1 fully saturated rings. The number of nitrogens with two attached hydrogens (primary N) is 1. The fourth-order valence-electron chi connectivity index (χ4n) is 2.37. The minimum atomic E-state index is 0.423. The Morgan fingerprint density at radius 3 is 3.00 bits per heavy atom. The molecule has 2 N–H and O–H groups in total. The molecule has 1 aliphatic rings. The first-order chi connectivity index (χ1) is 7.63. The number of anilines is 1. The molecule has 0 amide bonds. The summed E-state index contributed by atoms with van der Waals surface area (Å²) in [4.78, 5) is 6.84. The van der Waals surface area contributed by atoms with Gasteiger partial charge in [0.1, 0.15) is 5.82 Å². The summed E-state index contributed by atoms with van der Waals surface area (Å²) in [5.41, 5.74) is 7.02. The van der Waals surface area contributed by atoms with Crippen molar-refractivity contribution >= 4 is 21.7 Å². The van der Waals surface area contributed by atoms with Crippen LogP contribution in [0.5, 0.6) is 0 Å². The van der Waals surface area contributed by atoms with Crippen molar-refractivity contribution in [1.29, 1.82) is 0 Å². The maximum absolute atomic E-state index is 5.85. The molecule has 2 unspecified atom stereocenters. The van der Waals surface area contributed by atoms with Crippen molar-refractivity contribution < 1.29 is 0 Å². The largest absolute Gasteiger partial charge is 0.351 e. The lowest BCUT2D eigenvalue weighted by Gasteiger charge is -2.27. The zero-order chi connectivity index (χ0) is 11.7. The molecule has 0 aromatic carbocycles. The first kappa shape index (κ1) is 11.9. The highest BCUT2D eigenvalue weighted by molar-refractivity contribution is 9.10. The van der Waals surface area contributed by atoms with Gasteiger partial charge in [0.25, 0.3) is 0 Å². The number of hydrogen-bond acceptors (Lipinski definition) is 3. The van der Waals surface area contributed by atoms with Gasteiger partial charge in [-0.1, -0.05) is 6.92 Å². The van der Waals surface area contributed by atoms with E-state index in [2.05, 4.69) is 45.7 Å². The van der Waals surface area contributed by atoms with E-state index in [0.29, 0.717) is 18.5 Å². The maximum Gasteiger partial charge on any atom is 0.143 e. The zero-order valence-corrected chi connectivity index (χ0v) is 11.4. The smallest absolute Gasteiger partial charge is 0.143 e. The molecule has 0 radical (unpaired) electrons. The molecule has 1 aliphatic heterocycles. The molecule has 1 aromatic rings. The molecule has 1 aromatic heterocycles. The first-order valence-electron chi connectivity index (χ1n) is 5.72. The van der Waals surface area contributed by atoms with Crippen LogP contribution in [-0.4, -0.2) is 24.1 Å². The highest BCUT2D eigenvalue weighted by Crippen LogP contribution is 2.32. The van der Waals surface area contributed by atoms with Crippen LogP contribution in [0, 0.1) is 12.8 Å². The molecule has 0 spiro atoms. The van der Waals surface area contributed by atoms with E-state index in [0.717, 1.165) is 16.8 Å². The van der Waals surface area contributed by atoms with Crippen LogP contribution in [0.4, 0.5) is 5.82 Å². The van der Waals surface area contributed by atoms with Gasteiger partial charge in [-0.15, -0.1) is 0 Å². The van der Waals surface area contributed by atoms with E-state index in [1.807, 2.05) is 6.20 Å². The quantitative estimate of drug-likeness (QED) is 0.906. The molecule has 4 heteroatoms. The number of rotatable bonds is 2. The van der Waals surface area contributed by atoms with E-state index in [1.165, 1.54) is 12.0 Å².